The number of anilines is 1. The van der Waals surface area contributed by atoms with E-state index < -0.39 is 5.82 Å². The lowest BCUT2D eigenvalue weighted by Crippen LogP contribution is -2.41. The van der Waals surface area contributed by atoms with Crippen LogP contribution in [0.4, 0.5) is 10.1 Å². The van der Waals surface area contributed by atoms with E-state index in [9.17, 15) is 14.0 Å². The van der Waals surface area contributed by atoms with Crippen LogP contribution >= 0.6 is 0 Å². The summed E-state index contributed by atoms with van der Waals surface area (Å²) in [7, 11) is 0. The normalized spacial score (nSPS) is 14.6. The predicted molar refractivity (Wildman–Crippen MR) is 105 cm³/mol. The van der Waals surface area contributed by atoms with Gasteiger partial charge in [0, 0.05) is 30.9 Å². The van der Waals surface area contributed by atoms with Crippen molar-refractivity contribution in [3.05, 3.63) is 66.2 Å². The van der Waals surface area contributed by atoms with Gasteiger partial charge >= 0.3 is 0 Å². The van der Waals surface area contributed by atoms with Crippen molar-refractivity contribution in [3.8, 4) is 11.4 Å². The number of likely N-dealkylation sites (tertiary alicyclic amines) is 1. The van der Waals surface area contributed by atoms with Crippen LogP contribution in [0.15, 0.2) is 54.7 Å². The van der Waals surface area contributed by atoms with Crippen LogP contribution in [0.5, 0.6) is 0 Å². The molecule has 7 nitrogen and oxygen atoms in total. The number of aromatic amines is 1. The Bertz CT molecular complexity index is 1010. The van der Waals surface area contributed by atoms with Crippen molar-refractivity contribution >= 4 is 17.5 Å². The highest BCUT2D eigenvalue weighted by Crippen LogP contribution is 2.22. The average molecular weight is 393 g/mol. The molecule has 1 aliphatic rings. The van der Waals surface area contributed by atoms with Gasteiger partial charge in [0.15, 0.2) is 0 Å². The first-order valence-electron chi connectivity index (χ1n) is 9.42. The van der Waals surface area contributed by atoms with Crippen LogP contribution in [0.1, 0.15) is 23.3 Å². The van der Waals surface area contributed by atoms with Crippen molar-refractivity contribution in [1.29, 1.82) is 0 Å². The van der Waals surface area contributed by atoms with Crippen molar-refractivity contribution in [2.24, 2.45) is 5.92 Å². The van der Waals surface area contributed by atoms with E-state index in [1.165, 1.54) is 12.1 Å². The molecule has 8 heteroatoms. The zero-order chi connectivity index (χ0) is 20.2. The number of benzene rings is 1. The lowest BCUT2D eigenvalue weighted by molar-refractivity contribution is -0.121. The maximum absolute atomic E-state index is 13.3. The van der Waals surface area contributed by atoms with E-state index in [-0.39, 0.29) is 17.7 Å². The smallest absolute Gasteiger partial charge is 0.271 e. The van der Waals surface area contributed by atoms with Crippen molar-refractivity contribution in [2.45, 2.75) is 12.8 Å². The number of H-pyrrole nitrogens is 1. The van der Waals surface area contributed by atoms with Gasteiger partial charge in [-0.15, -0.1) is 0 Å². The Morgan fingerprint density at radius 3 is 2.62 bits per heavy atom. The van der Waals surface area contributed by atoms with E-state index in [1.807, 2.05) is 18.2 Å². The second-order valence-electron chi connectivity index (χ2n) is 6.95. The molecule has 4 rings (SSSR count). The Balaban J connectivity index is 1.34. The molecule has 1 aromatic carbocycles. The number of hydrogen-bond acceptors (Lipinski definition) is 4. The van der Waals surface area contributed by atoms with Gasteiger partial charge in [-0.1, -0.05) is 12.1 Å². The minimum absolute atomic E-state index is 0.149. The van der Waals surface area contributed by atoms with Gasteiger partial charge in [-0.2, -0.15) is 5.10 Å². The van der Waals surface area contributed by atoms with E-state index in [1.54, 1.807) is 29.3 Å². The molecule has 0 unspecified atom stereocenters. The fourth-order valence-electron chi connectivity index (χ4n) is 3.40. The maximum atomic E-state index is 13.3. The van der Waals surface area contributed by atoms with Crippen molar-refractivity contribution in [3.63, 3.8) is 0 Å². The summed E-state index contributed by atoms with van der Waals surface area (Å²) in [5.41, 5.74) is 2.13. The van der Waals surface area contributed by atoms with Crippen LogP contribution < -0.4 is 5.32 Å². The molecule has 2 N–H and O–H groups in total. The van der Waals surface area contributed by atoms with E-state index >= 15 is 0 Å². The molecule has 3 aromatic rings. The highest BCUT2D eigenvalue weighted by atomic mass is 19.1. The number of piperidine rings is 1. The van der Waals surface area contributed by atoms with Gasteiger partial charge in [0.05, 0.1) is 5.69 Å². The Hall–Kier alpha value is -3.55. The van der Waals surface area contributed by atoms with E-state index in [0.717, 1.165) is 0 Å². The van der Waals surface area contributed by atoms with Crippen molar-refractivity contribution < 1.29 is 14.0 Å². The summed E-state index contributed by atoms with van der Waals surface area (Å²) in [6, 6.07) is 13.0. The van der Waals surface area contributed by atoms with E-state index in [2.05, 4.69) is 20.5 Å². The molecule has 0 aliphatic carbocycles. The third-order valence-electron chi connectivity index (χ3n) is 4.98. The first-order chi connectivity index (χ1) is 14.1. The van der Waals surface area contributed by atoms with E-state index in [4.69, 9.17) is 0 Å². The van der Waals surface area contributed by atoms with Gasteiger partial charge in [-0.25, -0.2) is 4.39 Å². The molecule has 0 spiro atoms. The van der Waals surface area contributed by atoms with Gasteiger partial charge in [0.1, 0.15) is 17.2 Å². The number of hydrogen-bond donors (Lipinski definition) is 2. The number of rotatable bonds is 4. The Kier molecular flexibility index (Phi) is 5.33. The molecule has 0 atom stereocenters. The zero-order valence-corrected chi connectivity index (χ0v) is 15.6. The number of halogens is 1. The standard InChI is InChI=1S/C21H20FN5O2/c22-15-4-3-5-16(12-15)24-20(28)14-7-10-27(11-8-14)21(29)19-13-18(25-26-19)17-6-1-2-9-23-17/h1-6,9,12-14H,7-8,10-11H2,(H,24,28)(H,25,26). The molecule has 1 saturated heterocycles. The second kappa shape index (κ2) is 8.22. The van der Waals surface area contributed by atoms with Crippen LogP contribution in [0.25, 0.3) is 11.4 Å². The van der Waals surface area contributed by atoms with Crippen LogP contribution in [0.2, 0.25) is 0 Å². The molecule has 2 aromatic heterocycles. The van der Waals surface area contributed by atoms with Crippen LogP contribution in [-0.4, -0.2) is 45.0 Å². The largest absolute Gasteiger partial charge is 0.337 e. The summed E-state index contributed by atoms with van der Waals surface area (Å²) in [5, 5.41) is 9.69. The lowest BCUT2D eigenvalue weighted by atomic mass is 9.95. The summed E-state index contributed by atoms with van der Waals surface area (Å²) in [5.74, 6) is -0.911. The quantitative estimate of drug-likeness (QED) is 0.713. The highest BCUT2D eigenvalue weighted by Gasteiger charge is 2.28. The van der Waals surface area contributed by atoms with Gasteiger partial charge < -0.3 is 10.2 Å². The number of nitrogens with zero attached hydrogens (tertiary/aromatic N) is 3. The molecule has 3 heterocycles. The topological polar surface area (TPSA) is 91.0 Å². The molecule has 1 fully saturated rings. The summed E-state index contributed by atoms with van der Waals surface area (Å²) >= 11 is 0. The summed E-state index contributed by atoms with van der Waals surface area (Å²) in [4.78, 5) is 31.1. The number of carbonyl (C=O) groups is 2. The summed E-state index contributed by atoms with van der Waals surface area (Å²) < 4.78 is 13.3. The number of pyridine rings is 1. The van der Waals surface area contributed by atoms with Crippen LogP contribution in [0.3, 0.4) is 0 Å². The second-order valence-corrected chi connectivity index (χ2v) is 6.95. The SMILES string of the molecule is O=C(Nc1cccc(F)c1)C1CCN(C(=O)c2cc(-c3ccccn3)n[nH]2)CC1. The van der Waals surface area contributed by atoms with Crippen LogP contribution in [0, 0.1) is 11.7 Å². The number of nitrogens with one attached hydrogen (secondary N) is 2. The van der Waals surface area contributed by atoms with Gasteiger partial charge in [0.25, 0.3) is 5.91 Å². The zero-order valence-electron chi connectivity index (χ0n) is 15.6. The highest BCUT2D eigenvalue weighted by molar-refractivity contribution is 5.94. The van der Waals surface area contributed by atoms with Crippen LogP contribution in [-0.2, 0) is 4.79 Å². The Morgan fingerprint density at radius 2 is 1.90 bits per heavy atom. The lowest BCUT2D eigenvalue weighted by Gasteiger charge is -2.31. The number of amides is 2. The first-order valence-corrected chi connectivity index (χ1v) is 9.42. The number of carbonyl (C=O) groups excluding carboxylic acids is 2. The minimum atomic E-state index is -0.396. The molecular weight excluding hydrogens is 373 g/mol. The molecule has 29 heavy (non-hydrogen) atoms. The molecule has 0 bridgehead atoms. The Morgan fingerprint density at radius 1 is 1.07 bits per heavy atom. The monoisotopic (exact) mass is 393 g/mol. The molecule has 1 aliphatic heterocycles. The predicted octanol–water partition coefficient (Wildman–Crippen LogP) is 3.10. The molecule has 0 saturated carbocycles. The summed E-state index contributed by atoms with van der Waals surface area (Å²) in [6.45, 7) is 0.940. The van der Waals surface area contributed by atoms with Gasteiger partial charge in [-0.3, -0.25) is 19.7 Å². The molecular formula is C21H20FN5O2. The third-order valence-corrected chi connectivity index (χ3v) is 4.98. The molecule has 0 radical (unpaired) electrons. The Labute approximate surface area is 167 Å². The van der Waals surface area contributed by atoms with Crippen molar-refractivity contribution in [2.75, 3.05) is 18.4 Å². The molecule has 148 valence electrons. The number of aromatic nitrogens is 3. The molecule has 2 amide bonds. The van der Waals surface area contributed by atoms with Crippen molar-refractivity contribution in [1.82, 2.24) is 20.1 Å². The van der Waals surface area contributed by atoms with E-state index in [0.29, 0.717) is 48.7 Å². The average Bonchev–Trinajstić information content (AvgIpc) is 3.24. The van der Waals surface area contributed by atoms with Gasteiger partial charge in [0.2, 0.25) is 5.91 Å². The fraction of sp³-hybridized carbons (Fsp3) is 0.238. The summed E-state index contributed by atoms with van der Waals surface area (Å²) in [6.07, 6.45) is 2.77. The first kappa shape index (κ1) is 18.8. The minimum Gasteiger partial charge on any atom is -0.337 e. The van der Waals surface area contributed by atoms with Gasteiger partial charge in [-0.05, 0) is 49.2 Å². The fourth-order valence-corrected chi connectivity index (χ4v) is 3.40. The maximum Gasteiger partial charge on any atom is 0.271 e. The third kappa shape index (κ3) is 4.31.